The maximum atomic E-state index is 3.51. The van der Waals surface area contributed by atoms with E-state index in [0.29, 0.717) is 11.8 Å². The van der Waals surface area contributed by atoms with Crippen molar-refractivity contribution in [3.8, 4) is 0 Å². The van der Waals surface area contributed by atoms with Gasteiger partial charge in [-0.2, -0.15) is 0 Å². The van der Waals surface area contributed by atoms with Gasteiger partial charge in [0.15, 0.2) is 0 Å². The van der Waals surface area contributed by atoms with E-state index in [1.807, 2.05) is 0 Å². The normalized spacial score (nSPS) is 20.2. The number of nitrogens with one attached hydrogen (secondary N) is 1. The van der Waals surface area contributed by atoms with E-state index in [-0.39, 0.29) is 0 Å². The first-order valence-electron chi connectivity index (χ1n) is 4.72. The first-order valence-corrected chi connectivity index (χ1v) is 5.51. The number of halogens is 1. The highest BCUT2D eigenvalue weighted by Crippen LogP contribution is 2.37. The van der Waals surface area contributed by atoms with Gasteiger partial charge in [-0.25, -0.2) is 0 Å². The molecule has 0 spiro atoms. The highest BCUT2D eigenvalue weighted by Gasteiger charge is 2.24. The van der Waals surface area contributed by atoms with Crippen LogP contribution in [0.5, 0.6) is 0 Å². The SMILES string of the molecule is CC(C)[C@H]1CNc2ccc(Br)cc21. The third-order valence-corrected chi connectivity index (χ3v) is 3.22. The monoisotopic (exact) mass is 239 g/mol. The Kier molecular flexibility index (Phi) is 2.33. The second-order valence-electron chi connectivity index (χ2n) is 3.96. The fourth-order valence-corrected chi connectivity index (χ4v) is 2.30. The molecule has 1 aliphatic heterocycles. The van der Waals surface area contributed by atoms with Crippen LogP contribution < -0.4 is 5.32 Å². The molecule has 0 aromatic heterocycles. The Balaban J connectivity index is 2.40. The summed E-state index contributed by atoms with van der Waals surface area (Å²) in [7, 11) is 0. The summed E-state index contributed by atoms with van der Waals surface area (Å²) in [6.07, 6.45) is 0. The number of hydrogen-bond donors (Lipinski definition) is 1. The van der Waals surface area contributed by atoms with Gasteiger partial charge in [-0.05, 0) is 29.7 Å². The summed E-state index contributed by atoms with van der Waals surface area (Å²) in [4.78, 5) is 0. The van der Waals surface area contributed by atoms with E-state index in [4.69, 9.17) is 0 Å². The zero-order valence-electron chi connectivity index (χ0n) is 7.97. The Morgan fingerprint density at radius 2 is 2.23 bits per heavy atom. The summed E-state index contributed by atoms with van der Waals surface area (Å²) in [5, 5.41) is 3.44. The summed E-state index contributed by atoms with van der Waals surface area (Å²) < 4.78 is 1.18. The van der Waals surface area contributed by atoms with Crippen LogP contribution in [0.1, 0.15) is 25.3 Å². The minimum Gasteiger partial charge on any atom is -0.384 e. The van der Waals surface area contributed by atoms with Crippen molar-refractivity contribution in [1.29, 1.82) is 0 Å². The van der Waals surface area contributed by atoms with Crippen LogP contribution in [0.2, 0.25) is 0 Å². The molecule has 2 rings (SSSR count). The highest BCUT2D eigenvalue weighted by molar-refractivity contribution is 9.10. The summed E-state index contributed by atoms with van der Waals surface area (Å²) in [6.45, 7) is 5.65. The zero-order chi connectivity index (χ0) is 9.42. The van der Waals surface area contributed by atoms with E-state index in [9.17, 15) is 0 Å². The van der Waals surface area contributed by atoms with E-state index in [1.54, 1.807) is 0 Å². The fourth-order valence-electron chi connectivity index (χ4n) is 1.93. The number of fused-ring (bicyclic) bond motifs is 1. The molecule has 0 fully saturated rings. The minimum atomic E-state index is 0.674. The first-order chi connectivity index (χ1) is 6.18. The van der Waals surface area contributed by atoms with Crippen molar-refractivity contribution in [2.75, 3.05) is 11.9 Å². The number of benzene rings is 1. The van der Waals surface area contributed by atoms with Crippen LogP contribution in [0.25, 0.3) is 0 Å². The molecule has 1 aromatic rings. The van der Waals surface area contributed by atoms with Crippen molar-refractivity contribution in [1.82, 2.24) is 0 Å². The predicted molar refractivity (Wildman–Crippen MR) is 60.2 cm³/mol. The molecule has 2 heteroatoms. The Bertz CT molecular complexity index is 320. The molecule has 0 saturated heterocycles. The quantitative estimate of drug-likeness (QED) is 0.790. The lowest BCUT2D eigenvalue weighted by molar-refractivity contribution is 0.533. The Morgan fingerprint density at radius 1 is 1.46 bits per heavy atom. The van der Waals surface area contributed by atoms with Crippen LogP contribution in [-0.4, -0.2) is 6.54 Å². The largest absolute Gasteiger partial charge is 0.384 e. The van der Waals surface area contributed by atoms with E-state index >= 15 is 0 Å². The van der Waals surface area contributed by atoms with Crippen molar-refractivity contribution in [2.24, 2.45) is 5.92 Å². The molecule has 70 valence electrons. The molecule has 0 bridgehead atoms. The smallest absolute Gasteiger partial charge is 0.0377 e. The molecule has 1 aromatic carbocycles. The molecule has 0 amide bonds. The van der Waals surface area contributed by atoms with Crippen molar-refractivity contribution < 1.29 is 0 Å². The molecule has 0 saturated carbocycles. The average molecular weight is 240 g/mol. The molecule has 1 heterocycles. The standard InChI is InChI=1S/C11H14BrN/c1-7(2)10-6-13-11-4-3-8(12)5-9(10)11/h3-5,7,10,13H,6H2,1-2H3/t10-/m1/s1. The van der Waals surface area contributed by atoms with Crippen molar-refractivity contribution in [3.05, 3.63) is 28.2 Å². The van der Waals surface area contributed by atoms with E-state index < -0.39 is 0 Å². The highest BCUT2D eigenvalue weighted by atomic mass is 79.9. The number of anilines is 1. The lowest BCUT2D eigenvalue weighted by Crippen LogP contribution is -2.08. The van der Waals surface area contributed by atoms with E-state index in [1.165, 1.54) is 15.7 Å². The average Bonchev–Trinajstić information content (AvgIpc) is 2.46. The van der Waals surface area contributed by atoms with Gasteiger partial charge in [-0.15, -0.1) is 0 Å². The van der Waals surface area contributed by atoms with E-state index in [0.717, 1.165) is 6.54 Å². The van der Waals surface area contributed by atoms with Crippen LogP contribution in [0.15, 0.2) is 22.7 Å². The molecule has 13 heavy (non-hydrogen) atoms. The Morgan fingerprint density at radius 3 is 2.92 bits per heavy atom. The molecule has 1 N–H and O–H groups in total. The Hall–Kier alpha value is -0.500. The van der Waals surface area contributed by atoms with Gasteiger partial charge in [0.25, 0.3) is 0 Å². The summed E-state index contributed by atoms with van der Waals surface area (Å²) in [5.74, 6) is 1.38. The molecule has 1 nitrogen and oxygen atoms in total. The van der Waals surface area contributed by atoms with Gasteiger partial charge < -0.3 is 5.32 Å². The third kappa shape index (κ3) is 1.60. The number of hydrogen-bond acceptors (Lipinski definition) is 1. The van der Waals surface area contributed by atoms with Crippen LogP contribution >= 0.6 is 15.9 Å². The molecule has 1 atom stereocenters. The van der Waals surface area contributed by atoms with Crippen LogP contribution in [-0.2, 0) is 0 Å². The summed E-state index contributed by atoms with van der Waals surface area (Å²) >= 11 is 3.51. The first kappa shape index (κ1) is 9.07. The topological polar surface area (TPSA) is 12.0 Å². The van der Waals surface area contributed by atoms with Crippen LogP contribution in [0.4, 0.5) is 5.69 Å². The second kappa shape index (κ2) is 3.33. The lowest BCUT2D eigenvalue weighted by atomic mass is 9.90. The fraction of sp³-hybridized carbons (Fsp3) is 0.455. The van der Waals surface area contributed by atoms with Crippen molar-refractivity contribution in [3.63, 3.8) is 0 Å². The minimum absolute atomic E-state index is 0.674. The molecule has 1 aliphatic rings. The van der Waals surface area contributed by atoms with Crippen LogP contribution in [0, 0.1) is 5.92 Å². The number of rotatable bonds is 1. The van der Waals surface area contributed by atoms with Crippen molar-refractivity contribution in [2.45, 2.75) is 19.8 Å². The van der Waals surface area contributed by atoms with Gasteiger partial charge in [-0.3, -0.25) is 0 Å². The molecular formula is C11H14BrN. The van der Waals surface area contributed by atoms with Gasteiger partial charge >= 0.3 is 0 Å². The maximum Gasteiger partial charge on any atom is 0.0377 e. The van der Waals surface area contributed by atoms with Gasteiger partial charge in [0.1, 0.15) is 0 Å². The zero-order valence-corrected chi connectivity index (χ0v) is 9.56. The maximum absolute atomic E-state index is 3.51. The van der Waals surface area contributed by atoms with Gasteiger partial charge in [0, 0.05) is 22.6 Å². The van der Waals surface area contributed by atoms with Gasteiger partial charge in [-0.1, -0.05) is 29.8 Å². The van der Waals surface area contributed by atoms with Gasteiger partial charge in [0.05, 0.1) is 0 Å². The molecule has 0 aliphatic carbocycles. The van der Waals surface area contributed by atoms with Gasteiger partial charge in [0.2, 0.25) is 0 Å². The van der Waals surface area contributed by atoms with Crippen LogP contribution in [0.3, 0.4) is 0 Å². The molecule has 0 radical (unpaired) electrons. The van der Waals surface area contributed by atoms with E-state index in [2.05, 4.69) is 53.3 Å². The summed E-state index contributed by atoms with van der Waals surface area (Å²) in [5.41, 5.74) is 2.77. The summed E-state index contributed by atoms with van der Waals surface area (Å²) in [6, 6.07) is 6.48. The lowest BCUT2D eigenvalue weighted by Gasteiger charge is -2.14. The molecule has 0 unspecified atom stereocenters. The molecular weight excluding hydrogens is 226 g/mol. The third-order valence-electron chi connectivity index (χ3n) is 2.73. The predicted octanol–water partition coefficient (Wildman–Crippen LogP) is 3.61. The second-order valence-corrected chi connectivity index (χ2v) is 4.88. The van der Waals surface area contributed by atoms with Crippen molar-refractivity contribution >= 4 is 21.6 Å². The Labute approximate surface area is 87.7 Å².